The van der Waals surface area contributed by atoms with Crippen LogP contribution < -0.4 is 15.0 Å². The van der Waals surface area contributed by atoms with Crippen LogP contribution in [-0.4, -0.2) is 27.5 Å². The van der Waals surface area contributed by atoms with Crippen LogP contribution in [0.25, 0.3) is 11.2 Å². The van der Waals surface area contributed by atoms with Crippen LogP contribution in [0.15, 0.2) is 36.7 Å². The Hall–Kier alpha value is -2.67. The largest absolute Gasteiger partial charge is 0.484 e. The average molecular weight is 305 g/mol. The smallest absolute Gasteiger partial charge is 0.306 e. The first-order valence-electron chi connectivity index (χ1n) is 6.12. The number of para-hydroxylation sites is 1. The standard InChI is InChI=1S/C13H10ClN5O2/c14-13-18-11-10(15-7-16-11)12(19-13)17-9(20)6-21-8-4-2-1-3-5-8/h1-5,7H,6H2,(H2,15,16,17,18,19,20)/p+1. The highest BCUT2D eigenvalue weighted by Crippen LogP contribution is 2.17. The minimum Gasteiger partial charge on any atom is -0.484 e. The summed E-state index contributed by atoms with van der Waals surface area (Å²) in [7, 11) is 0. The molecule has 0 aliphatic carbocycles. The van der Waals surface area contributed by atoms with Crippen LogP contribution in [0.2, 0.25) is 5.28 Å². The first kappa shape index (κ1) is 13.3. The van der Waals surface area contributed by atoms with Gasteiger partial charge in [0.2, 0.25) is 5.52 Å². The summed E-state index contributed by atoms with van der Waals surface area (Å²) in [6.45, 7) is -0.127. The van der Waals surface area contributed by atoms with Crippen LogP contribution in [0.1, 0.15) is 0 Å². The summed E-state index contributed by atoms with van der Waals surface area (Å²) < 4.78 is 5.36. The van der Waals surface area contributed by atoms with Crippen molar-refractivity contribution in [3.05, 3.63) is 41.9 Å². The second kappa shape index (κ2) is 5.76. The van der Waals surface area contributed by atoms with Gasteiger partial charge in [0, 0.05) is 0 Å². The molecule has 0 saturated carbocycles. The molecular formula is C13H11ClN5O2+. The third-order valence-electron chi connectivity index (χ3n) is 2.68. The van der Waals surface area contributed by atoms with Crippen LogP contribution in [0.5, 0.6) is 5.75 Å². The number of hydrogen-bond acceptors (Lipinski definition) is 4. The second-order valence-corrected chi connectivity index (χ2v) is 4.49. The molecule has 0 bridgehead atoms. The van der Waals surface area contributed by atoms with Gasteiger partial charge < -0.3 is 10.1 Å². The molecule has 0 unspecified atom stereocenters. The van der Waals surface area contributed by atoms with Gasteiger partial charge in [0.05, 0.1) is 0 Å². The molecule has 3 rings (SSSR count). The quantitative estimate of drug-likeness (QED) is 0.713. The molecular weight excluding hydrogens is 294 g/mol. The lowest BCUT2D eigenvalue weighted by Crippen LogP contribution is -2.21. The lowest BCUT2D eigenvalue weighted by Gasteiger charge is -2.06. The third kappa shape index (κ3) is 3.09. The lowest BCUT2D eigenvalue weighted by atomic mass is 10.3. The number of hydrogen-bond donors (Lipinski definition) is 2. The van der Waals surface area contributed by atoms with Crippen LogP contribution >= 0.6 is 11.6 Å². The number of aromatic nitrogens is 4. The fourth-order valence-electron chi connectivity index (χ4n) is 1.78. The van der Waals surface area contributed by atoms with Gasteiger partial charge in [-0.2, -0.15) is 4.98 Å². The van der Waals surface area contributed by atoms with Crippen molar-refractivity contribution in [3.8, 4) is 5.75 Å². The highest BCUT2D eigenvalue weighted by atomic mass is 35.5. The number of carbonyl (C=O) groups is 1. The van der Waals surface area contributed by atoms with Crippen LogP contribution in [0.3, 0.4) is 0 Å². The predicted octanol–water partition coefficient (Wildman–Crippen LogP) is 1.44. The molecule has 2 heterocycles. The second-order valence-electron chi connectivity index (χ2n) is 4.15. The van der Waals surface area contributed by atoms with E-state index in [1.165, 1.54) is 0 Å². The first-order valence-corrected chi connectivity index (χ1v) is 6.50. The maximum atomic E-state index is 11.9. The third-order valence-corrected chi connectivity index (χ3v) is 2.85. The zero-order valence-electron chi connectivity index (χ0n) is 10.8. The molecule has 3 N–H and O–H groups in total. The number of rotatable bonds is 4. The predicted molar refractivity (Wildman–Crippen MR) is 76.0 cm³/mol. The summed E-state index contributed by atoms with van der Waals surface area (Å²) in [4.78, 5) is 25.6. The van der Waals surface area contributed by atoms with Gasteiger partial charge >= 0.3 is 10.9 Å². The minimum atomic E-state index is -0.343. The van der Waals surface area contributed by atoms with Crippen molar-refractivity contribution < 1.29 is 14.5 Å². The number of benzene rings is 1. The van der Waals surface area contributed by atoms with Crippen molar-refractivity contribution in [2.24, 2.45) is 0 Å². The molecule has 1 amide bonds. The number of amides is 1. The fourth-order valence-corrected chi connectivity index (χ4v) is 1.94. The number of halogens is 1. The summed E-state index contributed by atoms with van der Waals surface area (Å²) in [6.07, 6.45) is 1.58. The molecule has 0 saturated heterocycles. The van der Waals surface area contributed by atoms with E-state index >= 15 is 0 Å². The maximum absolute atomic E-state index is 11.9. The molecule has 2 aromatic heterocycles. The number of anilines is 1. The summed E-state index contributed by atoms with van der Waals surface area (Å²) in [5, 5.41) is 2.67. The Bertz CT molecular complexity index is 775. The number of nitrogens with zero attached hydrogens (tertiary/aromatic N) is 2. The highest BCUT2D eigenvalue weighted by Gasteiger charge is 2.16. The molecule has 3 aromatic rings. The van der Waals surface area contributed by atoms with Gasteiger partial charge in [0.15, 0.2) is 18.8 Å². The SMILES string of the molecule is O=C(COc1ccccc1)Nc1nc(Cl)nc2[nH+]c[nH]c12. The average Bonchev–Trinajstić information content (AvgIpc) is 2.94. The van der Waals surface area contributed by atoms with Gasteiger partial charge in [-0.25, -0.2) is 4.98 Å². The molecule has 8 heteroatoms. The van der Waals surface area contributed by atoms with Crippen molar-refractivity contribution in [2.45, 2.75) is 0 Å². The van der Waals surface area contributed by atoms with E-state index in [9.17, 15) is 4.79 Å². The molecule has 1 aromatic carbocycles. The normalized spacial score (nSPS) is 10.5. The molecule has 0 fully saturated rings. The van der Waals surface area contributed by atoms with E-state index in [0.717, 1.165) is 0 Å². The lowest BCUT2D eigenvalue weighted by molar-refractivity contribution is -0.347. The topological polar surface area (TPSA) is 94.0 Å². The van der Waals surface area contributed by atoms with E-state index in [1.807, 2.05) is 18.2 Å². The van der Waals surface area contributed by atoms with Gasteiger partial charge in [-0.1, -0.05) is 23.2 Å². The van der Waals surface area contributed by atoms with Crippen LogP contribution in [-0.2, 0) is 4.79 Å². The number of ether oxygens (including phenoxy) is 1. The number of fused-ring (bicyclic) bond motifs is 1. The van der Waals surface area contributed by atoms with Gasteiger partial charge in [-0.3, -0.25) is 9.78 Å². The van der Waals surface area contributed by atoms with Gasteiger partial charge in [0.1, 0.15) is 5.75 Å². The molecule has 0 aliphatic heterocycles. The molecule has 106 valence electrons. The maximum Gasteiger partial charge on any atom is 0.306 e. The van der Waals surface area contributed by atoms with Crippen molar-refractivity contribution in [3.63, 3.8) is 0 Å². The number of aromatic amines is 2. The van der Waals surface area contributed by atoms with Gasteiger partial charge in [0.25, 0.3) is 5.91 Å². The van der Waals surface area contributed by atoms with Gasteiger partial charge in [-0.05, 0) is 23.7 Å². The molecule has 0 atom stereocenters. The number of imidazole rings is 1. The molecule has 21 heavy (non-hydrogen) atoms. The Balaban J connectivity index is 1.70. The van der Waals surface area contributed by atoms with E-state index < -0.39 is 0 Å². The Morgan fingerprint density at radius 1 is 1.33 bits per heavy atom. The summed E-state index contributed by atoms with van der Waals surface area (Å²) in [6, 6.07) is 9.07. The summed E-state index contributed by atoms with van der Waals surface area (Å²) in [5.74, 6) is 0.573. The van der Waals surface area contributed by atoms with Crippen LogP contribution in [0.4, 0.5) is 5.82 Å². The summed E-state index contributed by atoms with van der Waals surface area (Å²) >= 11 is 5.80. The zero-order valence-corrected chi connectivity index (χ0v) is 11.5. The van der Waals surface area contributed by atoms with E-state index in [1.54, 1.807) is 18.5 Å². The van der Waals surface area contributed by atoms with Crippen molar-refractivity contribution in [1.82, 2.24) is 15.0 Å². The molecule has 0 aliphatic rings. The number of H-pyrrole nitrogens is 2. The molecule has 7 nitrogen and oxygen atoms in total. The van der Waals surface area contributed by atoms with E-state index in [2.05, 4.69) is 25.3 Å². The number of carbonyl (C=O) groups excluding carboxylic acids is 1. The van der Waals surface area contributed by atoms with E-state index in [4.69, 9.17) is 16.3 Å². The Kier molecular flexibility index (Phi) is 3.65. The van der Waals surface area contributed by atoms with E-state index in [0.29, 0.717) is 22.7 Å². The molecule has 0 radical (unpaired) electrons. The number of nitrogens with one attached hydrogen (secondary N) is 3. The van der Waals surface area contributed by atoms with Gasteiger partial charge in [-0.15, -0.1) is 0 Å². The van der Waals surface area contributed by atoms with Crippen LogP contribution in [0, 0.1) is 0 Å². The Morgan fingerprint density at radius 2 is 2.14 bits per heavy atom. The van der Waals surface area contributed by atoms with Crippen molar-refractivity contribution in [2.75, 3.05) is 11.9 Å². The monoisotopic (exact) mass is 304 g/mol. The Morgan fingerprint density at radius 3 is 2.95 bits per heavy atom. The fraction of sp³-hybridized carbons (Fsp3) is 0.0769. The summed E-state index contributed by atoms with van der Waals surface area (Å²) in [5.41, 5.74) is 1.07. The highest BCUT2D eigenvalue weighted by molar-refractivity contribution is 6.28. The molecule has 0 spiro atoms. The zero-order chi connectivity index (χ0) is 14.7. The Labute approximate surface area is 124 Å². The van der Waals surface area contributed by atoms with Crippen molar-refractivity contribution >= 4 is 34.5 Å². The minimum absolute atomic E-state index is 0.0395. The first-order chi connectivity index (χ1) is 10.2. The van der Waals surface area contributed by atoms with Crippen molar-refractivity contribution in [1.29, 1.82) is 0 Å². The van der Waals surface area contributed by atoms with E-state index in [-0.39, 0.29) is 17.8 Å².